The van der Waals surface area contributed by atoms with Crippen molar-refractivity contribution in [3.63, 3.8) is 0 Å². The van der Waals surface area contributed by atoms with E-state index >= 15 is 0 Å². The topological polar surface area (TPSA) is 98.5 Å². The second kappa shape index (κ2) is 8.43. The van der Waals surface area contributed by atoms with E-state index in [2.05, 4.69) is 21.2 Å². The minimum absolute atomic E-state index is 0.251. The lowest BCUT2D eigenvalue weighted by Crippen LogP contribution is -2.45. The van der Waals surface area contributed by atoms with Gasteiger partial charge in [-0.3, -0.25) is 14.4 Å². The molecule has 0 unspecified atom stereocenters. The second-order valence-corrected chi connectivity index (χ2v) is 6.20. The molecule has 0 aliphatic carbocycles. The second-order valence-electron chi connectivity index (χ2n) is 5.35. The third-order valence-corrected chi connectivity index (χ3v) is 4.16. The van der Waals surface area contributed by atoms with Crippen molar-refractivity contribution in [1.29, 1.82) is 0 Å². The SMILES string of the molecule is CC(=O)Oc1cccc(C(=O)N[C@H](Cc2ccccc2Br)C(N)=O)c1. The molecule has 0 heterocycles. The molecule has 2 aromatic carbocycles. The first-order chi connectivity index (χ1) is 11.9. The van der Waals surface area contributed by atoms with Crippen LogP contribution in [0.2, 0.25) is 0 Å². The summed E-state index contributed by atoms with van der Waals surface area (Å²) >= 11 is 3.40. The van der Waals surface area contributed by atoms with Crippen LogP contribution in [0, 0.1) is 0 Å². The number of nitrogens with one attached hydrogen (secondary N) is 1. The summed E-state index contributed by atoms with van der Waals surface area (Å²) in [6.07, 6.45) is 0.256. The van der Waals surface area contributed by atoms with E-state index in [0.717, 1.165) is 10.0 Å². The van der Waals surface area contributed by atoms with Gasteiger partial charge >= 0.3 is 5.97 Å². The van der Waals surface area contributed by atoms with Crippen molar-refractivity contribution in [3.05, 3.63) is 64.1 Å². The van der Waals surface area contributed by atoms with Gasteiger partial charge in [0.25, 0.3) is 5.91 Å². The molecular formula is C18H17BrN2O4. The summed E-state index contributed by atoms with van der Waals surface area (Å²) in [6, 6.07) is 12.6. The van der Waals surface area contributed by atoms with Crippen LogP contribution in [0.15, 0.2) is 53.0 Å². The van der Waals surface area contributed by atoms with Gasteiger partial charge in [-0.05, 0) is 29.8 Å². The van der Waals surface area contributed by atoms with Gasteiger partial charge in [-0.2, -0.15) is 0 Å². The van der Waals surface area contributed by atoms with Crippen molar-refractivity contribution < 1.29 is 19.1 Å². The number of rotatable bonds is 6. The van der Waals surface area contributed by atoms with Gasteiger partial charge in [-0.25, -0.2) is 0 Å². The van der Waals surface area contributed by atoms with Gasteiger partial charge in [0.05, 0.1) is 0 Å². The number of nitrogens with two attached hydrogens (primary N) is 1. The number of carbonyl (C=O) groups excluding carboxylic acids is 3. The van der Waals surface area contributed by atoms with Gasteiger partial charge in [-0.1, -0.05) is 40.2 Å². The molecule has 25 heavy (non-hydrogen) atoms. The minimum atomic E-state index is -0.872. The van der Waals surface area contributed by atoms with E-state index in [-0.39, 0.29) is 17.7 Å². The van der Waals surface area contributed by atoms with Crippen LogP contribution in [0.25, 0.3) is 0 Å². The molecule has 0 saturated heterocycles. The van der Waals surface area contributed by atoms with Gasteiger partial charge in [0.1, 0.15) is 11.8 Å². The summed E-state index contributed by atoms with van der Waals surface area (Å²) in [5, 5.41) is 2.61. The Bertz CT molecular complexity index is 807. The first kappa shape index (κ1) is 18.7. The molecule has 0 saturated carbocycles. The first-order valence-electron chi connectivity index (χ1n) is 7.49. The highest BCUT2D eigenvalue weighted by molar-refractivity contribution is 9.10. The van der Waals surface area contributed by atoms with Crippen LogP contribution in [0.4, 0.5) is 0 Å². The Labute approximate surface area is 153 Å². The summed E-state index contributed by atoms with van der Waals surface area (Å²) in [4.78, 5) is 35.1. The molecule has 0 bridgehead atoms. The van der Waals surface area contributed by atoms with E-state index < -0.39 is 23.8 Å². The number of ether oxygens (including phenoxy) is 1. The zero-order chi connectivity index (χ0) is 18.4. The van der Waals surface area contributed by atoms with Crippen LogP contribution in [0.3, 0.4) is 0 Å². The molecule has 0 aromatic heterocycles. The fraction of sp³-hybridized carbons (Fsp3) is 0.167. The molecule has 0 fully saturated rings. The molecule has 0 aliphatic heterocycles. The maximum Gasteiger partial charge on any atom is 0.308 e. The van der Waals surface area contributed by atoms with Crippen molar-refractivity contribution >= 4 is 33.7 Å². The average Bonchev–Trinajstić information content (AvgIpc) is 2.55. The Kier molecular flexibility index (Phi) is 6.30. The zero-order valence-corrected chi connectivity index (χ0v) is 15.1. The summed E-state index contributed by atoms with van der Waals surface area (Å²) in [5.74, 6) is -1.35. The normalized spacial score (nSPS) is 11.4. The molecule has 2 rings (SSSR count). The lowest BCUT2D eigenvalue weighted by atomic mass is 10.0. The van der Waals surface area contributed by atoms with Crippen molar-refractivity contribution in [1.82, 2.24) is 5.32 Å². The monoisotopic (exact) mass is 404 g/mol. The maximum absolute atomic E-state index is 12.4. The van der Waals surface area contributed by atoms with Crippen molar-refractivity contribution in [3.8, 4) is 5.75 Å². The van der Waals surface area contributed by atoms with Gasteiger partial charge in [0.2, 0.25) is 5.91 Å². The summed E-state index contributed by atoms with van der Waals surface area (Å²) < 4.78 is 5.78. The van der Waals surface area contributed by atoms with Crippen LogP contribution in [0.5, 0.6) is 5.75 Å². The number of hydrogen-bond donors (Lipinski definition) is 2. The first-order valence-corrected chi connectivity index (χ1v) is 8.28. The van der Waals surface area contributed by atoms with E-state index in [1.165, 1.54) is 13.0 Å². The lowest BCUT2D eigenvalue weighted by Gasteiger charge is -2.16. The maximum atomic E-state index is 12.4. The summed E-state index contributed by atoms with van der Waals surface area (Å²) in [6.45, 7) is 1.27. The molecule has 0 radical (unpaired) electrons. The van der Waals surface area contributed by atoms with E-state index in [9.17, 15) is 14.4 Å². The van der Waals surface area contributed by atoms with E-state index in [0.29, 0.717) is 0 Å². The van der Waals surface area contributed by atoms with E-state index in [1.807, 2.05) is 24.3 Å². The third kappa shape index (κ3) is 5.42. The number of hydrogen-bond acceptors (Lipinski definition) is 4. The van der Waals surface area contributed by atoms with Crippen molar-refractivity contribution in [2.75, 3.05) is 0 Å². The van der Waals surface area contributed by atoms with Crippen molar-refractivity contribution in [2.45, 2.75) is 19.4 Å². The number of primary amides is 1. The molecule has 1 atom stereocenters. The molecule has 0 spiro atoms. The number of halogens is 1. The van der Waals surface area contributed by atoms with Gasteiger partial charge < -0.3 is 15.8 Å². The molecule has 130 valence electrons. The number of amides is 2. The van der Waals surface area contributed by atoms with Crippen molar-refractivity contribution in [2.24, 2.45) is 5.73 Å². The molecular weight excluding hydrogens is 388 g/mol. The van der Waals surface area contributed by atoms with Gasteiger partial charge in [0, 0.05) is 23.4 Å². The van der Waals surface area contributed by atoms with Crippen LogP contribution in [0.1, 0.15) is 22.8 Å². The highest BCUT2D eigenvalue weighted by atomic mass is 79.9. The summed E-state index contributed by atoms with van der Waals surface area (Å²) in [5.41, 5.74) is 6.53. The minimum Gasteiger partial charge on any atom is -0.427 e. The molecule has 2 amide bonds. The standard InChI is InChI=1S/C18H17BrN2O4/c1-11(22)25-14-7-4-6-13(9-14)18(24)21-16(17(20)23)10-12-5-2-3-8-15(12)19/h2-9,16H,10H2,1H3,(H2,20,23)(H,21,24)/t16-/m1/s1. The Morgan fingerprint density at radius 1 is 1.16 bits per heavy atom. The lowest BCUT2D eigenvalue weighted by molar-refractivity contribution is -0.131. The molecule has 7 heteroatoms. The molecule has 3 N–H and O–H groups in total. The van der Waals surface area contributed by atoms with Crippen LogP contribution in [-0.2, 0) is 16.0 Å². The predicted octanol–water partition coefficient (Wildman–Crippen LogP) is 2.20. The zero-order valence-electron chi connectivity index (χ0n) is 13.5. The van der Waals surface area contributed by atoms with Crippen LogP contribution >= 0.6 is 15.9 Å². The molecule has 2 aromatic rings. The molecule has 0 aliphatic rings. The Balaban J connectivity index is 2.14. The Morgan fingerprint density at radius 3 is 2.52 bits per heavy atom. The Hall–Kier alpha value is -2.67. The predicted molar refractivity (Wildman–Crippen MR) is 96.0 cm³/mol. The highest BCUT2D eigenvalue weighted by Crippen LogP contribution is 2.18. The fourth-order valence-corrected chi connectivity index (χ4v) is 2.66. The highest BCUT2D eigenvalue weighted by Gasteiger charge is 2.20. The number of benzene rings is 2. The van der Waals surface area contributed by atoms with Gasteiger partial charge in [0.15, 0.2) is 0 Å². The van der Waals surface area contributed by atoms with Crippen LogP contribution < -0.4 is 15.8 Å². The Morgan fingerprint density at radius 2 is 1.88 bits per heavy atom. The van der Waals surface area contributed by atoms with E-state index in [1.54, 1.807) is 18.2 Å². The van der Waals surface area contributed by atoms with Gasteiger partial charge in [-0.15, -0.1) is 0 Å². The third-order valence-electron chi connectivity index (χ3n) is 3.39. The summed E-state index contributed by atoms with van der Waals surface area (Å²) in [7, 11) is 0. The largest absolute Gasteiger partial charge is 0.427 e. The van der Waals surface area contributed by atoms with E-state index in [4.69, 9.17) is 10.5 Å². The fourth-order valence-electron chi connectivity index (χ4n) is 2.21. The smallest absolute Gasteiger partial charge is 0.308 e. The average molecular weight is 405 g/mol. The quantitative estimate of drug-likeness (QED) is 0.569. The van der Waals surface area contributed by atoms with Crippen LogP contribution in [-0.4, -0.2) is 23.8 Å². The molecule has 6 nitrogen and oxygen atoms in total. The number of esters is 1. The number of carbonyl (C=O) groups is 3.